The molecule has 1 heterocycles. The maximum Gasteiger partial charge on any atom is 0.115 e. The zero-order chi connectivity index (χ0) is 9.15. The van der Waals surface area contributed by atoms with Gasteiger partial charge in [0.05, 0.1) is 5.69 Å². The molecule has 0 spiro atoms. The molecule has 0 amide bonds. The minimum atomic E-state index is 0.156. The van der Waals surface area contributed by atoms with E-state index in [1.807, 2.05) is 6.07 Å². The maximum atomic E-state index is 5.84. The van der Waals surface area contributed by atoms with E-state index in [1.54, 1.807) is 12.5 Å². The van der Waals surface area contributed by atoms with Crippen LogP contribution in [0.2, 0.25) is 0 Å². The van der Waals surface area contributed by atoms with E-state index in [4.69, 9.17) is 5.73 Å². The largest absolute Gasteiger partial charge is 0.330 e. The van der Waals surface area contributed by atoms with Crippen LogP contribution < -0.4 is 5.73 Å². The fourth-order valence-electron chi connectivity index (χ4n) is 2.22. The lowest BCUT2D eigenvalue weighted by Gasteiger charge is -2.25. The van der Waals surface area contributed by atoms with Crippen molar-refractivity contribution in [3.05, 3.63) is 24.3 Å². The molecule has 0 atom stereocenters. The Morgan fingerprint density at radius 2 is 2.15 bits per heavy atom. The van der Waals surface area contributed by atoms with Gasteiger partial charge in [0, 0.05) is 18.2 Å². The molecule has 2 rings (SSSR count). The number of rotatable bonds is 2. The van der Waals surface area contributed by atoms with Crippen LogP contribution in [0.5, 0.6) is 0 Å². The first-order valence-electron chi connectivity index (χ1n) is 4.84. The van der Waals surface area contributed by atoms with Crippen LogP contribution in [0.15, 0.2) is 18.6 Å². The van der Waals surface area contributed by atoms with E-state index in [2.05, 4.69) is 9.97 Å². The van der Waals surface area contributed by atoms with E-state index in [0.717, 1.165) is 5.69 Å². The predicted octanol–water partition coefficient (Wildman–Crippen LogP) is 1.25. The van der Waals surface area contributed by atoms with E-state index in [9.17, 15) is 0 Å². The summed E-state index contributed by atoms with van der Waals surface area (Å²) in [5, 5.41) is 0. The summed E-state index contributed by atoms with van der Waals surface area (Å²) in [5.41, 5.74) is 7.12. The van der Waals surface area contributed by atoms with Crippen molar-refractivity contribution in [3.63, 3.8) is 0 Å². The molecule has 0 aliphatic heterocycles. The summed E-state index contributed by atoms with van der Waals surface area (Å²) in [7, 11) is 0. The first-order chi connectivity index (χ1) is 6.37. The standard InChI is InChI=1S/C10H15N3/c11-7-10(4-1-2-5-10)9-3-6-12-8-13-9/h3,6,8H,1-2,4-5,7,11H2. The van der Waals surface area contributed by atoms with Gasteiger partial charge < -0.3 is 5.73 Å². The summed E-state index contributed by atoms with van der Waals surface area (Å²) in [5.74, 6) is 0. The van der Waals surface area contributed by atoms with Gasteiger partial charge in [0.25, 0.3) is 0 Å². The third kappa shape index (κ3) is 1.44. The van der Waals surface area contributed by atoms with E-state index >= 15 is 0 Å². The van der Waals surface area contributed by atoms with Crippen LogP contribution in [0.1, 0.15) is 31.4 Å². The summed E-state index contributed by atoms with van der Waals surface area (Å²) in [6.07, 6.45) is 8.34. The Morgan fingerprint density at radius 1 is 1.38 bits per heavy atom. The van der Waals surface area contributed by atoms with E-state index in [1.165, 1.54) is 25.7 Å². The molecule has 1 aromatic heterocycles. The van der Waals surface area contributed by atoms with Crippen LogP contribution in [0.25, 0.3) is 0 Å². The third-order valence-corrected chi connectivity index (χ3v) is 3.08. The molecule has 3 heteroatoms. The minimum Gasteiger partial charge on any atom is -0.330 e. The van der Waals surface area contributed by atoms with Gasteiger partial charge in [-0.05, 0) is 18.9 Å². The third-order valence-electron chi connectivity index (χ3n) is 3.08. The highest BCUT2D eigenvalue weighted by atomic mass is 14.8. The molecular formula is C10H15N3. The summed E-state index contributed by atoms with van der Waals surface area (Å²) < 4.78 is 0. The Hall–Kier alpha value is -0.960. The second kappa shape index (κ2) is 3.42. The van der Waals surface area contributed by atoms with Gasteiger partial charge in [-0.25, -0.2) is 9.97 Å². The quantitative estimate of drug-likeness (QED) is 0.739. The van der Waals surface area contributed by atoms with Gasteiger partial charge in [-0.3, -0.25) is 0 Å². The number of hydrogen-bond donors (Lipinski definition) is 1. The zero-order valence-corrected chi connectivity index (χ0v) is 7.74. The molecule has 0 aromatic carbocycles. The molecule has 0 saturated heterocycles. The van der Waals surface area contributed by atoms with Crippen molar-refractivity contribution < 1.29 is 0 Å². The Bertz CT molecular complexity index is 265. The van der Waals surface area contributed by atoms with Gasteiger partial charge in [0.1, 0.15) is 6.33 Å². The predicted molar refractivity (Wildman–Crippen MR) is 51.2 cm³/mol. The molecule has 0 unspecified atom stereocenters. The lowest BCUT2D eigenvalue weighted by molar-refractivity contribution is 0.438. The van der Waals surface area contributed by atoms with Crippen molar-refractivity contribution >= 4 is 0 Å². The molecule has 70 valence electrons. The first kappa shape index (κ1) is 8.63. The van der Waals surface area contributed by atoms with Crippen LogP contribution in [-0.4, -0.2) is 16.5 Å². The Kier molecular flexibility index (Phi) is 2.27. The monoisotopic (exact) mass is 177 g/mol. The highest BCUT2D eigenvalue weighted by Crippen LogP contribution is 2.38. The maximum absolute atomic E-state index is 5.84. The smallest absolute Gasteiger partial charge is 0.115 e. The second-order valence-electron chi connectivity index (χ2n) is 3.79. The molecule has 1 saturated carbocycles. The Balaban J connectivity index is 2.31. The molecule has 1 fully saturated rings. The number of nitrogens with zero attached hydrogens (tertiary/aromatic N) is 2. The lowest BCUT2D eigenvalue weighted by Crippen LogP contribution is -2.32. The van der Waals surface area contributed by atoms with E-state index in [-0.39, 0.29) is 5.41 Å². The Labute approximate surface area is 78.4 Å². The van der Waals surface area contributed by atoms with Gasteiger partial charge in [0.2, 0.25) is 0 Å². The molecule has 3 nitrogen and oxygen atoms in total. The highest BCUT2D eigenvalue weighted by Gasteiger charge is 2.35. The summed E-state index contributed by atoms with van der Waals surface area (Å²) >= 11 is 0. The van der Waals surface area contributed by atoms with E-state index < -0.39 is 0 Å². The number of aromatic nitrogens is 2. The van der Waals surface area contributed by atoms with Crippen LogP contribution in [0.3, 0.4) is 0 Å². The van der Waals surface area contributed by atoms with Gasteiger partial charge >= 0.3 is 0 Å². The molecule has 1 aliphatic rings. The van der Waals surface area contributed by atoms with Crippen molar-refractivity contribution in [1.82, 2.24) is 9.97 Å². The molecule has 13 heavy (non-hydrogen) atoms. The van der Waals surface area contributed by atoms with Gasteiger partial charge in [-0.15, -0.1) is 0 Å². The van der Waals surface area contributed by atoms with Crippen molar-refractivity contribution in [2.75, 3.05) is 6.54 Å². The minimum absolute atomic E-state index is 0.156. The summed E-state index contributed by atoms with van der Waals surface area (Å²) in [4.78, 5) is 8.24. The van der Waals surface area contributed by atoms with Gasteiger partial charge in [0.15, 0.2) is 0 Å². The van der Waals surface area contributed by atoms with Crippen LogP contribution in [0, 0.1) is 0 Å². The zero-order valence-electron chi connectivity index (χ0n) is 7.74. The second-order valence-corrected chi connectivity index (χ2v) is 3.79. The van der Waals surface area contributed by atoms with Gasteiger partial charge in [-0.1, -0.05) is 12.8 Å². The molecule has 2 N–H and O–H groups in total. The summed E-state index contributed by atoms with van der Waals surface area (Å²) in [6.45, 7) is 0.712. The first-order valence-corrected chi connectivity index (χ1v) is 4.84. The fraction of sp³-hybridized carbons (Fsp3) is 0.600. The normalized spacial score (nSPS) is 20.4. The fourth-order valence-corrected chi connectivity index (χ4v) is 2.22. The van der Waals surface area contributed by atoms with Crippen molar-refractivity contribution in [3.8, 4) is 0 Å². The molecular weight excluding hydrogens is 162 g/mol. The van der Waals surface area contributed by atoms with Crippen LogP contribution in [0.4, 0.5) is 0 Å². The van der Waals surface area contributed by atoms with Crippen molar-refractivity contribution in [2.45, 2.75) is 31.1 Å². The van der Waals surface area contributed by atoms with Crippen LogP contribution in [-0.2, 0) is 5.41 Å². The van der Waals surface area contributed by atoms with Crippen LogP contribution >= 0.6 is 0 Å². The molecule has 1 aromatic rings. The van der Waals surface area contributed by atoms with E-state index in [0.29, 0.717) is 6.54 Å². The SMILES string of the molecule is NCC1(c2ccncn2)CCCC1. The highest BCUT2D eigenvalue weighted by molar-refractivity contribution is 5.17. The number of hydrogen-bond acceptors (Lipinski definition) is 3. The molecule has 1 aliphatic carbocycles. The number of nitrogens with two attached hydrogens (primary N) is 1. The Morgan fingerprint density at radius 3 is 2.69 bits per heavy atom. The summed E-state index contributed by atoms with van der Waals surface area (Å²) in [6, 6.07) is 2.00. The molecule has 0 radical (unpaired) electrons. The lowest BCUT2D eigenvalue weighted by atomic mass is 9.83. The topological polar surface area (TPSA) is 51.8 Å². The average Bonchev–Trinajstić information content (AvgIpc) is 2.69. The van der Waals surface area contributed by atoms with Crippen molar-refractivity contribution in [1.29, 1.82) is 0 Å². The van der Waals surface area contributed by atoms with Crippen molar-refractivity contribution in [2.24, 2.45) is 5.73 Å². The molecule has 0 bridgehead atoms. The van der Waals surface area contributed by atoms with Gasteiger partial charge in [-0.2, -0.15) is 0 Å². The average molecular weight is 177 g/mol.